The molecule has 1 rings (SSSR count). The summed E-state index contributed by atoms with van der Waals surface area (Å²) in [5.41, 5.74) is 1.26. The fraction of sp³-hybridized carbons (Fsp3) is 0.769. The molecule has 0 unspecified atom stereocenters. The van der Waals surface area contributed by atoms with Gasteiger partial charge >= 0.3 is 0 Å². The zero-order valence-electron chi connectivity index (χ0n) is 11.8. The van der Waals surface area contributed by atoms with Crippen molar-refractivity contribution in [3.8, 4) is 0 Å². The maximum absolute atomic E-state index is 4.20. The van der Waals surface area contributed by atoms with E-state index < -0.39 is 0 Å². The third kappa shape index (κ3) is 4.48. The van der Waals surface area contributed by atoms with Crippen LogP contribution in [0.1, 0.15) is 39.4 Å². The predicted molar refractivity (Wildman–Crippen MR) is 72.1 cm³/mol. The molecule has 0 aliphatic carbocycles. The lowest BCUT2D eigenvalue weighted by molar-refractivity contribution is 0.273. The third-order valence-corrected chi connectivity index (χ3v) is 3.13. The molecule has 1 N–H and O–H groups in total. The minimum atomic E-state index is 0.479. The molecule has 0 bridgehead atoms. The van der Waals surface area contributed by atoms with Gasteiger partial charge in [-0.1, -0.05) is 0 Å². The molecule has 4 heteroatoms. The number of hydrogen-bond acceptors (Lipinski definition) is 3. The van der Waals surface area contributed by atoms with Crippen molar-refractivity contribution in [2.45, 2.75) is 46.3 Å². The Morgan fingerprint density at radius 2 is 2.06 bits per heavy atom. The molecule has 0 radical (unpaired) electrons. The van der Waals surface area contributed by atoms with Crippen molar-refractivity contribution in [1.29, 1.82) is 0 Å². The van der Waals surface area contributed by atoms with E-state index in [1.807, 2.05) is 12.5 Å². The number of aromatic nitrogens is 2. The number of nitrogens with zero attached hydrogens (tertiary/aromatic N) is 3. The van der Waals surface area contributed by atoms with Gasteiger partial charge in [0.1, 0.15) is 0 Å². The Morgan fingerprint density at radius 3 is 2.65 bits per heavy atom. The number of rotatable bonds is 7. The summed E-state index contributed by atoms with van der Waals surface area (Å²) >= 11 is 0. The molecule has 0 fully saturated rings. The normalized spacial score (nSPS) is 12.0. The summed E-state index contributed by atoms with van der Waals surface area (Å²) in [6, 6.07) is 1.09. The van der Waals surface area contributed by atoms with E-state index in [-0.39, 0.29) is 0 Å². The first-order chi connectivity index (χ1) is 8.02. The third-order valence-electron chi connectivity index (χ3n) is 3.13. The van der Waals surface area contributed by atoms with Gasteiger partial charge in [-0.15, -0.1) is 0 Å². The first-order valence-corrected chi connectivity index (χ1v) is 6.44. The van der Waals surface area contributed by atoms with Gasteiger partial charge in [0, 0.05) is 37.9 Å². The van der Waals surface area contributed by atoms with E-state index >= 15 is 0 Å². The van der Waals surface area contributed by atoms with E-state index in [4.69, 9.17) is 0 Å². The van der Waals surface area contributed by atoms with Crippen LogP contribution in [-0.2, 0) is 6.54 Å². The molecule has 0 aromatic carbocycles. The Kier molecular flexibility index (Phi) is 5.65. The zero-order valence-corrected chi connectivity index (χ0v) is 11.8. The largest absolute Gasteiger partial charge is 0.331 e. The highest BCUT2D eigenvalue weighted by Gasteiger charge is 2.05. The highest BCUT2D eigenvalue weighted by molar-refractivity contribution is 4.99. The molecule has 0 aliphatic rings. The fourth-order valence-corrected chi connectivity index (χ4v) is 1.66. The molecule has 0 atom stereocenters. The maximum Gasteiger partial charge on any atom is 0.0951 e. The standard InChI is InChI=1S/C13H26N4/c1-11(2)16(5)7-6-14-8-13-9-15-10-17(13)12(3)4/h9-12,14H,6-8H2,1-5H3. The maximum atomic E-state index is 4.20. The van der Waals surface area contributed by atoms with Gasteiger partial charge in [-0.25, -0.2) is 4.98 Å². The molecule has 1 aromatic rings. The van der Waals surface area contributed by atoms with Crippen molar-refractivity contribution in [2.24, 2.45) is 0 Å². The van der Waals surface area contributed by atoms with E-state index in [1.165, 1.54) is 5.69 Å². The van der Waals surface area contributed by atoms with Gasteiger partial charge in [0.25, 0.3) is 0 Å². The van der Waals surface area contributed by atoms with Gasteiger partial charge in [0.15, 0.2) is 0 Å². The highest BCUT2D eigenvalue weighted by atomic mass is 15.1. The van der Waals surface area contributed by atoms with Crippen LogP contribution in [0.25, 0.3) is 0 Å². The van der Waals surface area contributed by atoms with Crippen LogP contribution in [-0.4, -0.2) is 40.6 Å². The molecule has 1 heterocycles. The summed E-state index contributed by atoms with van der Waals surface area (Å²) in [6.45, 7) is 11.8. The van der Waals surface area contributed by atoms with E-state index in [2.05, 4.69) is 54.5 Å². The molecular weight excluding hydrogens is 212 g/mol. The predicted octanol–water partition coefficient (Wildman–Crippen LogP) is 1.89. The molecule has 0 spiro atoms. The first kappa shape index (κ1) is 14.2. The Morgan fingerprint density at radius 1 is 1.35 bits per heavy atom. The van der Waals surface area contributed by atoms with Crippen molar-refractivity contribution in [1.82, 2.24) is 19.8 Å². The van der Waals surface area contributed by atoms with Crippen LogP contribution in [0.3, 0.4) is 0 Å². The number of hydrogen-bond donors (Lipinski definition) is 1. The lowest BCUT2D eigenvalue weighted by Gasteiger charge is -2.21. The molecule has 0 saturated heterocycles. The molecular formula is C13H26N4. The second kappa shape index (κ2) is 6.77. The Labute approximate surface area is 105 Å². The van der Waals surface area contributed by atoms with Gasteiger partial charge in [-0.2, -0.15) is 0 Å². The van der Waals surface area contributed by atoms with Crippen LogP contribution in [0.15, 0.2) is 12.5 Å². The van der Waals surface area contributed by atoms with E-state index in [9.17, 15) is 0 Å². The van der Waals surface area contributed by atoms with Gasteiger partial charge in [-0.05, 0) is 34.7 Å². The summed E-state index contributed by atoms with van der Waals surface area (Å²) in [7, 11) is 2.16. The topological polar surface area (TPSA) is 33.1 Å². The fourth-order valence-electron chi connectivity index (χ4n) is 1.66. The zero-order chi connectivity index (χ0) is 12.8. The Bertz CT molecular complexity index is 317. The van der Waals surface area contributed by atoms with Gasteiger partial charge < -0.3 is 14.8 Å². The van der Waals surface area contributed by atoms with Crippen LogP contribution in [0.2, 0.25) is 0 Å². The van der Waals surface area contributed by atoms with E-state index in [0.29, 0.717) is 12.1 Å². The summed E-state index contributed by atoms with van der Waals surface area (Å²) < 4.78 is 2.21. The average molecular weight is 238 g/mol. The van der Waals surface area contributed by atoms with E-state index in [0.717, 1.165) is 19.6 Å². The van der Waals surface area contributed by atoms with Crippen molar-refractivity contribution < 1.29 is 0 Å². The smallest absolute Gasteiger partial charge is 0.0951 e. The van der Waals surface area contributed by atoms with E-state index in [1.54, 1.807) is 0 Å². The minimum Gasteiger partial charge on any atom is -0.331 e. The molecule has 98 valence electrons. The number of imidazole rings is 1. The van der Waals surface area contributed by atoms with Crippen LogP contribution in [0.5, 0.6) is 0 Å². The summed E-state index contributed by atoms with van der Waals surface area (Å²) in [5.74, 6) is 0. The molecule has 0 amide bonds. The van der Waals surface area contributed by atoms with Gasteiger partial charge in [0.05, 0.1) is 12.0 Å². The summed E-state index contributed by atoms with van der Waals surface area (Å²) in [6.07, 6.45) is 3.85. The highest BCUT2D eigenvalue weighted by Crippen LogP contribution is 2.08. The monoisotopic (exact) mass is 238 g/mol. The van der Waals surface area contributed by atoms with Crippen molar-refractivity contribution in [3.05, 3.63) is 18.2 Å². The molecule has 1 aromatic heterocycles. The quantitative estimate of drug-likeness (QED) is 0.736. The Balaban J connectivity index is 2.29. The first-order valence-electron chi connectivity index (χ1n) is 6.44. The molecule has 0 saturated carbocycles. The van der Waals surface area contributed by atoms with Crippen LogP contribution >= 0.6 is 0 Å². The second-order valence-corrected chi connectivity index (χ2v) is 5.14. The SMILES string of the molecule is CC(C)N(C)CCNCc1cncn1C(C)C. The van der Waals surface area contributed by atoms with Crippen molar-refractivity contribution >= 4 is 0 Å². The lowest BCUT2D eigenvalue weighted by atomic mass is 10.3. The number of likely N-dealkylation sites (N-methyl/N-ethyl adjacent to an activating group) is 1. The average Bonchev–Trinajstić information content (AvgIpc) is 2.72. The second-order valence-electron chi connectivity index (χ2n) is 5.14. The van der Waals surface area contributed by atoms with Crippen LogP contribution in [0.4, 0.5) is 0 Å². The summed E-state index contributed by atoms with van der Waals surface area (Å²) in [5, 5.41) is 3.47. The van der Waals surface area contributed by atoms with Crippen molar-refractivity contribution in [2.75, 3.05) is 20.1 Å². The molecule has 4 nitrogen and oxygen atoms in total. The minimum absolute atomic E-state index is 0.479. The van der Waals surface area contributed by atoms with Gasteiger partial charge in [0.2, 0.25) is 0 Å². The Hall–Kier alpha value is -0.870. The van der Waals surface area contributed by atoms with Crippen molar-refractivity contribution in [3.63, 3.8) is 0 Å². The summed E-state index contributed by atoms with van der Waals surface area (Å²) in [4.78, 5) is 6.54. The van der Waals surface area contributed by atoms with Gasteiger partial charge in [-0.3, -0.25) is 0 Å². The molecule has 17 heavy (non-hydrogen) atoms. The van der Waals surface area contributed by atoms with Crippen LogP contribution in [0, 0.1) is 0 Å². The molecule has 0 aliphatic heterocycles. The van der Waals surface area contributed by atoms with Crippen LogP contribution < -0.4 is 5.32 Å². The lowest BCUT2D eigenvalue weighted by Crippen LogP contribution is -2.33. The number of nitrogens with one attached hydrogen (secondary N) is 1.